The molecule has 3 aromatic rings. The van der Waals surface area contributed by atoms with Gasteiger partial charge in [0.25, 0.3) is 0 Å². The van der Waals surface area contributed by atoms with Crippen LogP contribution in [0, 0.1) is 0 Å². The third kappa shape index (κ3) is 5.00. The van der Waals surface area contributed by atoms with E-state index in [0.29, 0.717) is 42.0 Å². The Balaban J connectivity index is 1.35. The number of hydrogen-bond donors (Lipinski definition) is 2. The van der Waals surface area contributed by atoms with Gasteiger partial charge >= 0.3 is 0 Å². The van der Waals surface area contributed by atoms with Crippen LogP contribution in [0.2, 0.25) is 5.02 Å². The first-order valence-corrected chi connectivity index (χ1v) is 9.81. The number of carbonyl (C=O) groups excluding carboxylic acids is 1. The summed E-state index contributed by atoms with van der Waals surface area (Å²) in [6.45, 7) is 1.74. The minimum atomic E-state index is -0.122. The SMILES string of the molecule is O=C(Cc1ccc2c(c1)OCCO2)Nc1ccc(NCc2ccccc2)c(Cl)c1. The zero-order valence-corrected chi connectivity index (χ0v) is 16.5. The highest BCUT2D eigenvalue weighted by Gasteiger charge is 2.13. The molecule has 0 radical (unpaired) electrons. The van der Waals surface area contributed by atoms with Gasteiger partial charge in [0.2, 0.25) is 5.91 Å². The van der Waals surface area contributed by atoms with E-state index in [2.05, 4.69) is 10.6 Å². The molecular weight excluding hydrogens is 388 g/mol. The van der Waals surface area contributed by atoms with Gasteiger partial charge in [0.05, 0.1) is 17.1 Å². The van der Waals surface area contributed by atoms with E-state index in [1.54, 1.807) is 6.07 Å². The summed E-state index contributed by atoms with van der Waals surface area (Å²) in [5.41, 5.74) is 3.50. The van der Waals surface area contributed by atoms with Crippen LogP contribution in [0.4, 0.5) is 11.4 Å². The zero-order chi connectivity index (χ0) is 20.1. The first-order chi connectivity index (χ1) is 14.2. The summed E-state index contributed by atoms with van der Waals surface area (Å²) < 4.78 is 11.1. The van der Waals surface area contributed by atoms with Crippen LogP contribution >= 0.6 is 11.6 Å². The quantitative estimate of drug-likeness (QED) is 0.608. The van der Waals surface area contributed by atoms with Crippen LogP contribution in [0.25, 0.3) is 0 Å². The predicted octanol–water partition coefficient (Wildman–Crippen LogP) is 4.90. The molecule has 1 aliphatic heterocycles. The molecule has 5 nitrogen and oxygen atoms in total. The van der Waals surface area contributed by atoms with Gasteiger partial charge in [-0.1, -0.05) is 48.0 Å². The van der Waals surface area contributed by atoms with Gasteiger partial charge in [0, 0.05) is 12.2 Å². The molecule has 0 bridgehead atoms. The van der Waals surface area contributed by atoms with Gasteiger partial charge in [0.15, 0.2) is 11.5 Å². The predicted molar refractivity (Wildman–Crippen MR) is 115 cm³/mol. The maximum absolute atomic E-state index is 12.4. The van der Waals surface area contributed by atoms with Gasteiger partial charge in [0.1, 0.15) is 13.2 Å². The van der Waals surface area contributed by atoms with Gasteiger partial charge in [-0.3, -0.25) is 4.79 Å². The van der Waals surface area contributed by atoms with Crippen molar-refractivity contribution in [1.82, 2.24) is 0 Å². The standard InChI is InChI=1S/C23H21ClN2O3/c24-19-14-18(7-8-20(19)25-15-16-4-2-1-3-5-16)26-23(27)13-17-6-9-21-22(12-17)29-11-10-28-21/h1-9,12,14,25H,10-11,13,15H2,(H,26,27). The topological polar surface area (TPSA) is 59.6 Å². The van der Waals surface area contributed by atoms with Gasteiger partial charge in [-0.25, -0.2) is 0 Å². The molecule has 29 heavy (non-hydrogen) atoms. The van der Waals surface area contributed by atoms with Crippen molar-refractivity contribution in [3.63, 3.8) is 0 Å². The number of nitrogens with one attached hydrogen (secondary N) is 2. The second-order valence-electron chi connectivity index (χ2n) is 6.74. The van der Waals surface area contributed by atoms with Gasteiger partial charge in [-0.2, -0.15) is 0 Å². The number of carbonyl (C=O) groups is 1. The van der Waals surface area contributed by atoms with Crippen molar-refractivity contribution in [3.8, 4) is 11.5 Å². The van der Waals surface area contributed by atoms with Crippen LogP contribution < -0.4 is 20.1 Å². The highest BCUT2D eigenvalue weighted by molar-refractivity contribution is 6.33. The van der Waals surface area contributed by atoms with E-state index < -0.39 is 0 Å². The molecule has 0 saturated heterocycles. The van der Waals surface area contributed by atoms with Crippen molar-refractivity contribution >= 4 is 28.9 Å². The Kier molecular flexibility index (Phi) is 5.86. The van der Waals surface area contributed by atoms with E-state index >= 15 is 0 Å². The van der Waals surface area contributed by atoms with Crippen molar-refractivity contribution in [1.29, 1.82) is 0 Å². The van der Waals surface area contributed by atoms with E-state index in [1.807, 2.05) is 60.7 Å². The highest BCUT2D eigenvalue weighted by Crippen LogP contribution is 2.31. The largest absolute Gasteiger partial charge is 0.486 e. The van der Waals surface area contributed by atoms with Crippen LogP contribution in [0.1, 0.15) is 11.1 Å². The van der Waals surface area contributed by atoms with Gasteiger partial charge in [-0.05, 0) is 41.5 Å². The number of benzene rings is 3. The summed E-state index contributed by atoms with van der Waals surface area (Å²) in [5, 5.41) is 6.75. The van der Waals surface area contributed by atoms with Gasteiger partial charge < -0.3 is 20.1 Å². The van der Waals surface area contributed by atoms with E-state index in [4.69, 9.17) is 21.1 Å². The maximum Gasteiger partial charge on any atom is 0.228 e. The highest BCUT2D eigenvalue weighted by atomic mass is 35.5. The molecule has 0 atom stereocenters. The number of fused-ring (bicyclic) bond motifs is 1. The van der Waals surface area contributed by atoms with E-state index in [-0.39, 0.29) is 12.3 Å². The molecule has 0 unspecified atom stereocenters. The van der Waals surface area contributed by atoms with Crippen molar-refractivity contribution in [2.75, 3.05) is 23.8 Å². The molecule has 1 heterocycles. The van der Waals surface area contributed by atoms with Gasteiger partial charge in [-0.15, -0.1) is 0 Å². The zero-order valence-electron chi connectivity index (χ0n) is 15.8. The summed E-state index contributed by atoms with van der Waals surface area (Å²) >= 11 is 6.37. The molecule has 4 rings (SSSR count). The molecule has 1 aliphatic rings. The Hall–Kier alpha value is -3.18. The van der Waals surface area contributed by atoms with Crippen LogP contribution in [0.5, 0.6) is 11.5 Å². The third-order valence-corrected chi connectivity index (χ3v) is 4.86. The number of hydrogen-bond acceptors (Lipinski definition) is 4. The number of amides is 1. The average molecular weight is 409 g/mol. The normalized spacial score (nSPS) is 12.3. The van der Waals surface area contributed by atoms with Crippen LogP contribution in [-0.4, -0.2) is 19.1 Å². The molecule has 0 fully saturated rings. The van der Waals surface area contributed by atoms with Crippen LogP contribution in [0.15, 0.2) is 66.7 Å². The lowest BCUT2D eigenvalue weighted by atomic mass is 10.1. The molecule has 0 saturated carbocycles. The monoisotopic (exact) mass is 408 g/mol. The smallest absolute Gasteiger partial charge is 0.228 e. The number of rotatable bonds is 6. The van der Waals surface area contributed by atoms with Crippen LogP contribution in [-0.2, 0) is 17.8 Å². The molecule has 0 spiro atoms. The number of ether oxygens (including phenoxy) is 2. The Morgan fingerprint density at radius 3 is 2.48 bits per heavy atom. The fourth-order valence-electron chi connectivity index (χ4n) is 3.12. The lowest BCUT2D eigenvalue weighted by molar-refractivity contribution is -0.115. The molecular formula is C23H21ClN2O3. The minimum Gasteiger partial charge on any atom is -0.486 e. The fraction of sp³-hybridized carbons (Fsp3) is 0.174. The lowest BCUT2D eigenvalue weighted by Crippen LogP contribution is -2.17. The molecule has 6 heteroatoms. The minimum absolute atomic E-state index is 0.122. The van der Waals surface area contributed by atoms with Crippen molar-refractivity contribution in [2.24, 2.45) is 0 Å². The maximum atomic E-state index is 12.4. The summed E-state index contributed by atoms with van der Waals surface area (Å²) in [4.78, 5) is 12.4. The third-order valence-electron chi connectivity index (χ3n) is 4.55. The van der Waals surface area contributed by atoms with Crippen molar-refractivity contribution in [3.05, 3.63) is 82.9 Å². The van der Waals surface area contributed by atoms with Crippen molar-refractivity contribution in [2.45, 2.75) is 13.0 Å². The Bertz CT molecular complexity index is 1010. The lowest BCUT2D eigenvalue weighted by Gasteiger charge is -2.18. The summed E-state index contributed by atoms with van der Waals surface area (Å²) in [6.07, 6.45) is 0.238. The first-order valence-electron chi connectivity index (χ1n) is 9.43. The fourth-order valence-corrected chi connectivity index (χ4v) is 3.37. The molecule has 3 aromatic carbocycles. The summed E-state index contributed by atoms with van der Waals surface area (Å²) in [7, 11) is 0. The number of anilines is 2. The van der Waals surface area contributed by atoms with Crippen LogP contribution in [0.3, 0.4) is 0 Å². The Morgan fingerprint density at radius 1 is 0.897 bits per heavy atom. The average Bonchev–Trinajstić information content (AvgIpc) is 2.74. The number of halogens is 1. The molecule has 1 amide bonds. The van der Waals surface area contributed by atoms with E-state index in [9.17, 15) is 4.79 Å². The molecule has 2 N–H and O–H groups in total. The van der Waals surface area contributed by atoms with E-state index in [0.717, 1.165) is 11.3 Å². The second-order valence-corrected chi connectivity index (χ2v) is 7.14. The summed E-state index contributed by atoms with van der Waals surface area (Å²) in [5.74, 6) is 1.27. The second kappa shape index (κ2) is 8.88. The van der Waals surface area contributed by atoms with E-state index in [1.165, 1.54) is 5.56 Å². The molecule has 0 aliphatic carbocycles. The Morgan fingerprint density at radius 2 is 1.69 bits per heavy atom. The molecule has 148 valence electrons. The summed E-state index contributed by atoms with van der Waals surface area (Å²) in [6, 6.07) is 21.1. The molecule has 0 aromatic heterocycles. The first kappa shape index (κ1) is 19.2. The van der Waals surface area contributed by atoms with Crippen molar-refractivity contribution < 1.29 is 14.3 Å². The Labute approximate surface area is 174 Å².